The number of likely N-dealkylation sites (N-methyl/N-ethyl adjacent to an activating group) is 1. The molecule has 3 nitrogen and oxygen atoms in total. The SMILES string of the molecule is CC(C)N(C)CCOC(=O)[C@H](c1ccccc1)C1CCCC1. The zero-order valence-electron chi connectivity index (χ0n) is 14.1. The molecule has 0 saturated heterocycles. The van der Waals surface area contributed by atoms with Gasteiger partial charge in [0.1, 0.15) is 6.61 Å². The smallest absolute Gasteiger partial charge is 0.313 e. The summed E-state index contributed by atoms with van der Waals surface area (Å²) in [6, 6.07) is 10.6. The lowest BCUT2D eigenvalue weighted by Crippen LogP contribution is -2.31. The van der Waals surface area contributed by atoms with Gasteiger partial charge in [0, 0.05) is 12.6 Å². The summed E-state index contributed by atoms with van der Waals surface area (Å²) in [5, 5.41) is 0. The van der Waals surface area contributed by atoms with Gasteiger partial charge in [-0.25, -0.2) is 0 Å². The zero-order chi connectivity index (χ0) is 15.9. The van der Waals surface area contributed by atoms with Crippen LogP contribution >= 0.6 is 0 Å². The molecule has 0 radical (unpaired) electrons. The number of esters is 1. The maximum Gasteiger partial charge on any atom is 0.313 e. The van der Waals surface area contributed by atoms with Gasteiger partial charge >= 0.3 is 5.97 Å². The number of carbonyl (C=O) groups excluding carboxylic acids is 1. The van der Waals surface area contributed by atoms with E-state index in [-0.39, 0.29) is 11.9 Å². The lowest BCUT2D eigenvalue weighted by molar-refractivity contribution is -0.147. The fraction of sp³-hybridized carbons (Fsp3) is 0.632. The quantitative estimate of drug-likeness (QED) is 0.717. The molecule has 0 spiro atoms. The number of hydrogen-bond acceptors (Lipinski definition) is 3. The van der Waals surface area contributed by atoms with Crippen molar-refractivity contribution in [1.82, 2.24) is 4.90 Å². The first-order chi connectivity index (χ1) is 10.6. The van der Waals surface area contributed by atoms with Gasteiger partial charge in [-0.05, 0) is 45.2 Å². The fourth-order valence-corrected chi connectivity index (χ4v) is 3.19. The minimum atomic E-state index is -0.0898. The third-order valence-electron chi connectivity index (χ3n) is 4.85. The summed E-state index contributed by atoms with van der Waals surface area (Å²) in [5.41, 5.74) is 1.11. The van der Waals surface area contributed by atoms with Gasteiger partial charge in [0.05, 0.1) is 5.92 Å². The maximum atomic E-state index is 12.6. The van der Waals surface area contributed by atoms with Crippen LogP contribution in [0.2, 0.25) is 0 Å². The zero-order valence-corrected chi connectivity index (χ0v) is 14.1. The van der Waals surface area contributed by atoms with Crippen LogP contribution in [0.3, 0.4) is 0 Å². The van der Waals surface area contributed by atoms with E-state index in [0.29, 0.717) is 18.6 Å². The van der Waals surface area contributed by atoms with E-state index in [1.807, 2.05) is 18.2 Å². The summed E-state index contributed by atoms with van der Waals surface area (Å²) >= 11 is 0. The lowest BCUT2D eigenvalue weighted by atomic mass is 9.85. The first-order valence-electron chi connectivity index (χ1n) is 8.51. The van der Waals surface area contributed by atoms with Crippen LogP contribution in [0.15, 0.2) is 30.3 Å². The Labute approximate surface area is 134 Å². The second kappa shape index (κ2) is 8.33. The van der Waals surface area contributed by atoms with Crippen molar-refractivity contribution in [2.45, 2.75) is 51.5 Å². The van der Waals surface area contributed by atoms with Gasteiger partial charge in [0.2, 0.25) is 0 Å². The largest absolute Gasteiger partial charge is 0.464 e. The van der Waals surface area contributed by atoms with E-state index < -0.39 is 0 Å². The van der Waals surface area contributed by atoms with Gasteiger partial charge in [-0.3, -0.25) is 4.79 Å². The minimum absolute atomic E-state index is 0.0461. The molecule has 1 saturated carbocycles. The average molecular weight is 303 g/mol. The second-order valence-electron chi connectivity index (χ2n) is 6.67. The van der Waals surface area contributed by atoms with Gasteiger partial charge < -0.3 is 9.64 Å². The molecule has 0 aromatic heterocycles. The Morgan fingerprint density at radius 1 is 1.23 bits per heavy atom. The molecule has 0 aliphatic heterocycles. The summed E-state index contributed by atoms with van der Waals surface area (Å²) in [6.07, 6.45) is 4.75. The van der Waals surface area contributed by atoms with Crippen molar-refractivity contribution in [2.75, 3.05) is 20.2 Å². The van der Waals surface area contributed by atoms with Crippen molar-refractivity contribution in [1.29, 1.82) is 0 Å². The fourth-order valence-electron chi connectivity index (χ4n) is 3.19. The highest BCUT2D eigenvalue weighted by Gasteiger charge is 2.33. The number of ether oxygens (including phenoxy) is 1. The molecule has 1 aromatic carbocycles. The van der Waals surface area contributed by atoms with Crippen molar-refractivity contribution in [2.24, 2.45) is 5.92 Å². The summed E-state index contributed by atoms with van der Waals surface area (Å²) in [7, 11) is 2.06. The Kier molecular flexibility index (Phi) is 6.44. The van der Waals surface area contributed by atoms with E-state index >= 15 is 0 Å². The molecule has 1 atom stereocenters. The van der Waals surface area contributed by atoms with Gasteiger partial charge in [-0.1, -0.05) is 43.2 Å². The second-order valence-corrected chi connectivity index (χ2v) is 6.67. The van der Waals surface area contributed by atoms with Crippen LogP contribution in [-0.2, 0) is 9.53 Å². The van der Waals surface area contributed by atoms with Crippen molar-refractivity contribution in [3.63, 3.8) is 0 Å². The summed E-state index contributed by atoms with van der Waals surface area (Å²) in [6.45, 7) is 5.55. The number of nitrogens with zero attached hydrogens (tertiary/aromatic N) is 1. The predicted octanol–water partition coefficient (Wildman–Crippen LogP) is 3.84. The van der Waals surface area contributed by atoms with E-state index in [9.17, 15) is 4.79 Å². The summed E-state index contributed by atoms with van der Waals surface area (Å²) in [5.74, 6) is 0.307. The number of rotatable bonds is 7. The van der Waals surface area contributed by atoms with E-state index in [0.717, 1.165) is 24.9 Å². The third kappa shape index (κ3) is 4.57. The topological polar surface area (TPSA) is 29.5 Å². The molecule has 0 unspecified atom stereocenters. The van der Waals surface area contributed by atoms with Crippen LogP contribution in [0, 0.1) is 5.92 Å². The highest BCUT2D eigenvalue weighted by molar-refractivity contribution is 5.78. The van der Waals surface area contributed by atoms with Crippen LogP contribution in [0.25, 0.3) is 0 Å². The molecular formula is C19H29NO2. The van der Waals surface area contributed by atoms with Crippen LogP contribution < -0.4 is 0 Å². The molecule has 0 amide bonds. The Balaban J connectivity index is 1.97. The van der Waals surface area contributed by atoms with Gasteiger partial charge in [-0.2, -0.15) is 0 Å². The van der Waals surface area contributed by atoms with E-state index in [4.69, 9.17) is 4.74 Å². The average Bonchev–Trinajstić information content (AvgIpc) is 3.02. The lowest BCUT2D eigenvalue weighted by Gasteiger charge is -2.24. The van der Waals surface area contributed by atoms with E-state index in [1.165, 1.54) is 12.8 Å². The normalized spacial score (nSPS) is 17.1. The van der Waals surface area contributed by atoms with Crippen molar-refractivity contribution >= 4 is 5.97 Å². The molecule has 3 heteroatoms. The molecule has 0 bridgehead atoms. The Hall–Kier alpha value is -1.35. The molecule has 1 aliphatic carbocycles. The Morgan fingerprint density at radius 3 is 2.45 bits per heavy atom. The van der Waals surface area contributed by atoms with Crippen LogP contribution in [-0.4, -0.2) is 37.1 Å². The summed E-state index contributed by atoms with van der Waals surface area (Å²) in [4.78, 5) is 14.8. The monoisotopic (exact) mass is 303 g/mol. The van der Waals surface area contributed by atoms with Crippen LogP contribution in [0.1, 0.15) is 51.0 Å². The van der Waals surface area contributed by atoms with Crippen molar-refractivity contribution in [3.05, 3.63) is 35.9 Å². The molecule has 122 valence electrons. The summed E-state index contributed by atoms with van der Waals surface area (Å²) < 4.78 is 5.61. The number of hydrogen-bond donors (Lipinski definition) is 0. The molecule has 1 fully saturated rings. The molecule has 0 N–H and O–H groups in total. The Morgan fingerprint density at radius 2 is 1.86 bits per heavy atom. The highest BCUT2D eigenvalue weighted by Crippen LogP contribution is 2.38. The highest BCUT2D eigenvalue weighted by atomic mass is 16.5. The van der Waals surface area contributed by atoms with Gasteiger partial charge in [-0.15, -0.1) is 0 Å². The van der Waals surface area contributed by atoms with Crippen LogP contribution in [0.4, 0.5) is 0 Å². The van der Waals surface area contributed by atoms with Gasteiger partial charge in [0.25, 0.3) is 0 Å². The van der Waals surface area contributed by atoms with Crippen molar-refractivity contribution < 1.29 is 9.53 Å². The first kappa shape index (κ1) is 17.0. The number of carbonyl (C=O) groups is 1. The molecular weight excluding hydrogens is 274 g/mol. The van der Waals surface area contributed by atoms with Crippen LogP contribution in [0.5, 0.6) is 0 Å². The Bertz CT molecular complexity index is 452. The molecule has 2 rings (SSSR count). The third-order valence-corrected chi connectivity index (χ3v) is 4.85. The standard InChI is InChI=1S/C19H29NO2/c1-15(2)20(3)13-14-22-19(21)18(17-11-7-8-12-17)16-9-5-4-6-10-16/h4-6,9-10,15,17-18H,7-8,11-14H2,1-3H3/t18-/m1/s1. The van der Waals surface area contributed by atoms with Crippen molar-refractivity contribution in [3.8, 4) is 0 Å². The number of benzene rings is 1. The first-order valence-corrected chi connectivity index (χ1v) is 8.51. The molecule has 0 heterocycles. The van der Waals surface area contributed by atoms with Gasteiger partial charge in [0.15, 0.2) is 0 Å². The molecule has 1 aliphatic rings. The molecule has 1 aromatic rings. The minimum Gasteiger partial charge on any atom is -0.464 e. The van der Waals surface area contributed by atoms with E-state index in [1.54, 1.807) is 0 Å². The van der Waals surface area contributed by atoms with E-state index in [2.05, 4.69) is 37.9 Å². The predicted molar refractivity (Wildman–Crippen MR) is 89.9 cm³/mol. The maximum absolute atomic E-state index is 12.6. The molecule has 22 heavy (non-hydrogen) atoms.